The van der Waals surface area contributed by atoms with Crippen molar-refractivity contribution in [3.63, 3.8) is 0 Å². The molecule has 1 fully saturated rings. The number of benzene rings is 2. The quantitative estimate of drug-likeness (QED) is 0.326. The Morgan fingerprint density at radius 1 is 1.19 bits per heavy atom. The molecule has 1 saturated heterocycles. The van der Waals surface area contributed by atoms with E-state index in [4.69, 9.17) is 16.3 Å². The molecule has 0 radical (unpaired) electrons. The second-order valence-electron chi connectivity index (χ2n) is 6.91. The summed E-state index contributed by atoms with van der Waals surface area (Å²) in [6, 6.07) is 12.9. The van der Waals surface area contributed by atoms with Crippen LogP contribution in [0.2, 0.25) is 5.02 Å². The van der Waals surface area contributed by atoms with Gasteiger partial charge < -0.3 is 14.7 Å². The number of methoxy groups -OCH3 is 1. The molecule has 4 rings (SSSR count). The van der Waals surface area contributed by atoms with Gasteiger partial charge >= 0.3 is 0 Å². The molecule has 2 aromatic carbocycles. The van der Waals surface area contributed by atoms with Gasteiger partial charge in [0.05, 0.1) is 30.3 Å². The summed E-state index contributed by atoms with van der Waals surface area (Å²) in [5.41, 5.74) is 0.708. The minimum Gasteiger partial charge on any atom is -0.507 e. The number of aliphatic hydroxyl groups excluding tert-OH is 1. The van der Waals surface area contributed by atoms with E-state index in [9.17, 15) is 19.1 Å². The summed E-state index contributed by atoms with van der Waals surface area (Å²) in [4.78, 5) is 28.2. The normalized spacial score (nSPS) is 17.9. The van der Waals surface area contributed by atoms with Crippen LogP contribution in [0.4, 0.5) is 4.39 Å². The highest BCUT2D eigenvalue weighted by Crippen LogP contribution is 2.42. The molecule has 1 atom stereocenters. The molecule has 158 valence electrons. The summed E-state index contributed by atoms with van der Waals surface area (Å²) in [6.07, 6.45) is 0. The van der Waals surface area contributed by atoms with Crippen LogP contribution in [0.3, 0.4) is 0 Å². The topological polar surface area (TPSA) is 66.8 Å². The number of nitrogens with zero attached hydrogens (tertiary/aromatic N) is 1. The van der Waals surface area contributed by atoms with Gasteiger partial charge in [-0.05, 0) is 53.4 Å². The van der Waals surface area contributed by atoms with Crippen LogP contribution >= 0.6 is 22.9 Å². The van der Waals surface area contributed by atoms with E-state index in [1.54, 1.807) is 18.2 Å². The first-order valence-electron chi connectivity index (χ1n) is 9.31. The number of hydrogen-bond donors (Lipinski definition) is 1. The predicted molar refractivity (Wildman–Crippen MR) is 117 cm³/mol. The number of rotatable bonds is 5. The van der Waals surface area contributed by atoms with Gasteiger partial charge in [-0.15, -0.1) is 11.3 Å². The lowest BCUT2D eigenvalue weighted by molar-refractivity contribution is -0.140. The number of halogens is 2. The van der Waals surface area contributed by atoms with Crippen molar-refractivity contribution in [1.82, 2.24) is 4.90 Å². The van der Waals surface area contributed by atoms with E-state index in [1.807, 2.05) is 17.5 Å². The molecular formula is C23H17ClFNO4S. The molecule has 1 amide bonds. The molecule has 5 nitrogen and oxygen atoms in total. The summed E-state index contributed by atoms with van der Waals surface area (Å²) in [5, 5.41) is 13.1. The Balaban J connectivity index is 1.88. The summed E-state index contributed by atoms with van der Waals surface area (Å²) in [6.45, 7) is 0.191. The second-order valence-corrected chi connectivity index (χ2v) is 8.35. The lowest BCUT2D eigenvalue weighted by atomic mass is 9.95. The molecule has 1 aliphatic rings. The Morgan fingerprint density at radius 2 is 1.94 bits per heavy atom. The van der Waals surface area contributed by atoms with E-state index >= 15 is 0 Å². The third-order valence-corrected chi connectivity index (χ3v) is 6.21. The summed E-state index contributed by atoms with van der Waals surface area (Å²) >= 11 is 7.76. The third-order valence-electron chi connectivity index (χ3n) is 5.06. The second kappa shape index (κ2) is 8.53. The predicted octanol–water partition coefficient (Wildman–Crippen LogP) is 5.17. The van der Waals surface area contributed by atoms with Crippen LogP contribution in [0, 0.1) is 5.82 Å². The average molecular weight is 458 g/mol. The summed E-state index contributed by atoms with van der Waals surface area (Å²) < 4.78 is 18.5. The first-order chi connectivity index (χ1) is 14.9. The maximum Gasteiger partial charge on any atom is 0.295 e. The van der Waals surface area contributed by atoms with Gasteiger partial charge in [0, 0.05) is 10.4 Å². The zero-order valence-electron chi connectivity index (χ0n) is 16.3. The van der Waals surface area contributed by atoms with Gasteiger partial charge in [-0.2, -0.15) is 0 Å². The van der Waals surface area contributed by atoms with E-state index < -0.39 is 23.5 Å². The molecule has 0 bridgehead atoms. The van der Waals surface area contributed by atoms with Crippen LogP contribution in [0.15, 0.2) is 65.6 Å². The zero-order valence-corrected chi connectivity index (χ0v) is 17.9. The standard InChI is InChI=1S/C23H17ClFNO4S/c1-30-18-9-6-14(11-17(18)24)20-19(21(27)13-4-7-15(25)8-5-13)22(28)23(29)26(20)12-16-3-2-10-31-16/h2-11,20,27H,12H2,1H3/b21-19+. The molecule has 8 heteroatoms. The van der Waals surface area contributed by atoms with Gasteiger partial charge in [0.15, 0.2) is 0 Å². The van der Waals surface area contributed by atoms with Gasteiger partial charge in [0.25, 0.3) is 11.7 Å². The Morgan fingerprint density at radius 3 is 2.55 bits per heavy atom. The summed E-state index contributed by atoms with van der Waals surface area (Å²) in [5.74, 6) is -1.94. The van der Waals surface area contributed by atoms with Crippen LogP contribution in [-0.2, 0) is 16.1 Å². The Bertz CT molecular complexity index is 1170. The summed E-state index contributed by atoms with van der Waals surface area (Å²) in [7, 11) is 1.48. The highest BCUT2D eigenvalue weighted by molar-refractivity contribution is 7.09. The highest BCUT2D eigenvalue weighted by atomic mass is 35.5. The van der Waals surface area contributed by atoms with Crippen LogP contribution in [0.5, 0.6) is 5.75 Å². The van der Waals surface area contributed by atoms with E-state index in [1.165, 1.54) is 47.6 Å². The minimum atomic E-state index is -0.865. The lowest BCUT2D eigenvalue weighted by Gasteiger charge is -2.25. The molecule has 0 aliphatic carbocycles. The monoisotopic (exact) mass is 457 g/mol. The molecule has 1 aromatic heterocycles. The Hall–Kier alpha value is -3.16. The number of likely N-dealkylation sites (tertiary alicyclic amines) is 1. The number of amides is 1. The van der Waals surface area contributed by atoms with E-state index in [0.717, 1.165) is 4.88 Å². The smallest absolute Gasteiger partial charge is 0.295 e. The molecule has 1 unspecified atom stereocenters. The van der Waals surface area contributed by atoms with E-state index in [-0.39, 0.29) is 23.4 Å². The molecule has 1 aliphatic heterocycles. The zero-order chi connectivity index (χ0) is 22.1. The molecular weight excluding hydrogens is 441 g/mol. The molecule has 0 saturated carbocycles. The van der Waals surface area contributed by atoms with Crippen molar-refractivity contribution in [3.05, 3.63) is 92.4 Å². The van der Waals surface area contributed by atoms with Crippen LogP contribution in [0.25, 0.3) is 5.76 Å². The van der Waals surface area contributed by atoms with Gasteiger partial charge in [-0.25, -0.2) is 4.39 Å². The highest BCUT2D eigenvalue weighted by Gasteiger charge is 2.46. The molecule has 3 aromatic rings. The van der Waals surface area contributed by atoms with Crippen molar-refractivity contribution >= 4 is 40.4 Å². The van der Waals surface area contributed by atoms with Crippen molar-refractivity contribution in [2.45, 2.75) is 12.6 Å². The maximum absolute atomic E-state index is 13.3. The van der Waals surface area contributed by atoms with Crippen LogP contribution in [-0.4, -0.2) is 28.8 Å². The van der Waals surface area contributed by atoms with E-state index in [0.29, 0.717) is 16.3 Å². The number of hydrogen-bond acceptors (Lipinski definition) is 5. The van der Waals surface area contributed by atoms with Crippen molar-refractivity contribution in [1.29, 1.82) is 0 Å². The fourth-order valence-electron chi connectivity index (χ4n) is 3.58. The van der Waals surface area contributed by atoms with Crippen molar-refractivity contribution in [3.8, 4) is 5.75 Å². The van der Waals surface area contributed by atoms with Gasteiger partial charge in [0.1, 0.15) is 17.3 Å². The number of thiophene rings is 1. The number of Topliss-reactive ketones (excluding diaryl/α,β-unsaturated/α-hetero) is 1. The molecule has 31 heavy (non-hydrogen) atoms. The lowest BCUT2D eigenvalue weighted by Crippen LogP contribution is -2.28. The Kier molecular flexibility index (Phi) is 5.80. The SMILES string of the molecule is COc1ccc(C2/C(=C(\O)c3ccc(F)cc3)C(=O)C(=O)N2Cc2cccs2)cc1Cl. The van der Waals surface area contributed by atoms with Crippen molar-refractivity contribution < 1.29 is 23.8 Å². The molecule has 1 N–H and O–H groups in total. The van der Waals surface area contributed by atoms with Crippen molar-refractivity contribution in [2.24, 2.45) is 0 Å². The van der Waals surface area contributed by atoms with Gasteiger partial charge in [-0.1, -0.05) is 23.7 Å². The number of carbonyl (C=O) groups excluding carboxylic acids is 2. The fraction of sp³-hybridized carbons (Fsp3) is 0.130. The van der Waals surface area contributed by atoms with Gasteiger partial charge in [0.2, 0.25) is 0 Å². The average Bonchev–Trinajstić information content (AvgIpc) is 3.36. The first-order valence-corrected chi connectivity index (χ1v) is 10.6. The van der Waals surface area contributed by atoms with Crippen LogP contribution in [0.1, 0.15) is 22.0 Å². The number of aliphatic hydroxyl groups is 1. The van der Waals surface area contributed by atoms with Gasteiger partial charge in [-0.3, -0.25) is 9.59 Å². The number of ether oxygens (including phenoxy) is 1. The number of ketones is 1. The first kappa shape index (κ1) is 21.1. The van der Waals surface area contributed by atoms with Crippen LogP contribution < -0.4 is 4.74 Å². The van der Waals surface area contributed by atoms with Crippen molar-refractivity contribution in [2.75, 3.05) is 7.11 Å². The molecule has 2 heterocycles. The maximum atomic E-state index is 13.3. The minimum absolute atomic E-state index is 0.0746. The molecule has 0 spiro atoms. The number of carbonyl (C=O) groups is 2. The largest absolute Gasteiger partial charge is 0.507 e. The Labute approximate surface area is 187 Å². The fourth-order valence-corrected chi connectivity index (χ4v) is 4.54. The van der Waals surface area contributed by atoms with E-state index in [2.05, 4.69) is 0 Å². The third kappa shape index (κ3) is 3.94.